The summed E-state index contributed by atoms with van der Waals surface area (Å²) in [6.45, 7) is 5.31. The summed E-state index contributed by atoms with van der Waals surface area (Å²) >= 11 is 1.84. The zero-order chi connectivity index (χ0) is 13.8. The Morgan fingerprint density at radius 3 is 2.74 bits per heavy atom. The van der Waals surface area contributed by atoms with Gasteiger partial charge in [0.25, 0.3) is 5.01 Å². The van der Waals surface area contributed by atoms with Crippen LogP contribution in [0, 0.1) is 0 Å². The predicted octanol–water partition coefficient (Wildman–Crippen LogP) is 3.69. The number of para-hydroxylation sites is 1. The number of fused-ring (bicyclic) bond motifs is 1. The first-order valence-corrected chi connectivity index (χ1v) is 7.38. The van der Waals surface area contributed by atoms with Crippen molar-refractivity contribution in [3.8, 4) is 0 Å². The molecule has 0 radical (unpaired) electrons. The largest absolute Gasteiger partial charge is 0.381 e. The molecule has 0 atom stereocenters. The number of allylic oxidation sites excluding steroid dienone is 3. The van der Waals surface area contributed by atoms with Crippen molar-refractivity contribution in [2.75, 3.05) is 14.1 Å². The van der Waals surface area contributed by atoms with E-state index in [1.54, 1.807) is 0 Å². The van der Waals surface area contributed by atoms with Crippen molar-refractivity contribution in [2.24, 2.45) is 0 Å². The van der Waals surface area contributed by atoms with Gasteiger partial charge in [0.2, 0.25) is 5.52 Å². The van der Waals surface area contributed by atoms with Crippen LogP contribution in [0.25, 0.3) is 16.3 Å². The third kappa shape index (κ3) is 3.04. The maximum Gasteiger partial charge on any atom is 0.262 e. The van der Waals surface area contributed by atoms with Crippen molar-refractivity contribution in [2.45, 2.75) is 20.4 Å². The predicted molar refractivity (Wildman–Crippen MR) is 84.2 cm³/mol. The molecule has 0 N–H and O–H groups in total. The Kier molecular flexibility index (Phi) is 4.38. The maximum atomic E-state index is 2.36. The van der Waals surface area contributed by atoms with Gasteiger partial charge in [-0.2, -0.15) is 4.57 Å². The third-order valence-corrected chi connectivity index (χ3v) is 4.37. The van der Waals surface area contributed by atoms with Crippen LogP contribution in [0.3, 0.4) is 0 Å². The zero-order valence-corrected chi connectivity index (χ0v) is 12.9. The molecule has 0 aliphatic rings. The molecule has 2 nitrogen and oxygen atoms in total. The van der Waals surface area contributed by atoms with Crippen LogP contribution < -0.4 is 4.57 Å². The van der Waals surface area contributed by atoms with Crippen LogP contribution in [0.15, 0.2) is 42.1 Å². The average Bonchev–Trinajstić information content (AvgIpc) is 2.75. The standard InChI is InChI=1S/C16H21N2S/c1-5-18-14-10-6-7-11-15(14)19-16(18)12-8-9-13(2)17(3)4/h6-12H,5H2,1-4H3/q+1. The van der Waals surface area contributed by atoms with E-state index in [4.69, 9.17) is 0 Å². The first-order valence-electron chi connectivity index (χ1n) is 6.57. The highest BCUT2D eigenvalue weighted by Gasteiger charge is 2.15. The van der Waals surface area contributed by atoms with E-state index in [-0.39, 0.29) is 0 Å². The fraction of sp³-hybridized carbons (Fsp3) is 0.312. The van der Waals surface area contributed by atoms with Crippen LogP contribution in [-0.2, 0) is 6.54 Å². The lowest BCUT2D eigenvalue weighted by atomic mass is 10.3. The summed E-state index contributed by atoms with van der Waals surface area (Å²) in [6.07, 6.45) is 6.47. The SMILES string of the molecule is CC[n+]1c(C=CC=C(C)N(C)C)sc2ccccc21. The van der Waals surface area contributed by atoms with E-state index in [0.717, 1.165) is 6.54 Å². The minimum atomic E-state index is 1.00. The molecule has 0 unspecified atom stereocenters. The Morgan fingerprint density at radius 2 is 2.05 bits per heavy atom. The highest BCUT2D eigenvalue weighted by Crippen LogP contribution is 2.21. The Hall–Kier alpha value is -1.61. The van der Waals surface area contributed by atoms with E-state index < -0.39 is 0 Å². The lowest BCUT2D eigenvalue weighted by Crippen LogP contribution is -2.33. The molecule has 1 heterocycles. The number of benzene rings is 1. The molecule has 1 aromatic carbocycles. The van der Waals surface area contributed by atoms with Crippen LogP contribution >= 0.6 is 11.3 Å². The molecule has 2 rings (SSSR count). The molecule has 0 fully saturated rings. The van der Waals surface area contributed by atoms with Gasteiger partial charge >= 0.3 is 0 Å². The Morgan fingerprint density at radius 1 is 1.32 bits per heavy atom. The van der Waals surface area contributed by atoms with Crippen molar-refractivity contribution in [3.05, 3.63) is 47.1 Å². The number of aryl methyl sites for hydroxylation is 1. The van der Waals surface area contributed by atoms with Gasteiger partial charge in [0.15, 0.2) is 0 Å². The summed E-state index contributed by atoms with van der Waals surface area (Å²) in [4.78, 5) is 2.11. The first-order chi connectivity index (χ1) is 9.13. The zero-order valence-electron chi connectivity index (χ0n) is 12.1. The highest BCUT2D eigenvalue weighted by molar-refractivity contribution is 7.18. The van der Waals surface area contributed by atoms with Crippen LogP contribution in [0.1, 0.15) is 18.9 Å². The number of hydrogen-bond acceptors (Lipinski definition) is 2. The normalized spacial score (nSPS) is 12.5. The van der Waals surface area contributed by atoms with Gasteiger partial charge in [0.1, 0.15) is 11.2 Å². The van der Waals surface area contributed by atoms with E-state index in [1.807, 2.05) is 11.3 Å². The van der Waals surface area contributed by atoms with Crippen molar-refractivity contribution < 1.29 is 4.57 Å². The summed E-state index contributed by atoms with van der Waals surface area (Å²) < 4.78 is 3.70. The van der Waals surface area contributed by atoms with Crippen molar-refractivity contribution in [1.29, 1.82) is 0 Å². The van der Waals surface area contributed by atoms with Gasteiger partial charge in [-0.15, -0.1) is 0 Å². The number of thiazole rings is 1. The smallest absolute Gasteiger partial charge is 0.262 e. The molecule has 0 aliphatic carbocycles. The van der Waals surface area contributed by atoms with Gasteiger partial charge in [-0.1, -0.05) is 29.5 Å². The minimum absolute atomic E-state index is 1.00. The van der Waals surface area contributed by atoms with Gasteiger partial charge in [-0.05, 0) is 26.0 Å². The molecule has 3 heteroatoms. The second-order valence-electron chi connectivity index (χ2n) is 4.71. The fourth-order valence-electron chi connectivity index (χ4n) is 1.92. The molecule has 0 bridgehead atoms. The lowest BCUT2D eigenvalue weighted by molar-refractivity contribution is -0.665. The number of hydrogen-bond donors (Lipinski definition) is 0. The van der Waals surface area contributed by atoms with Crippen LogP contribution in [0.2, 0.25) is 0 Å². The van der Waals surface area contributed by atoms with E-state index >= 15 is 0 Å². The van der Waals surface area contributed by atoms with Gasteiger partial charge in [0, 0.05) is 31.9 Å². The van der Waals surface area contributed by atoms with Crippen molar-refractivity contribution in [3.63, 3.8) is 0 Å². The molecular formula is C16H21N2S+. The summed E-state index contributed by atoms with van der Waals surface area (Å²) in [7, 11) is 4.12. The van der Waals surface area contributed by atoms with Gasteiger partial charge in [0.05, 0.1) is 0 Å². The number of aromatic nitrogens is 1. The minimum Gasteiger partial charge on any atom is -0.381 e. The third-order valence-electron chi connectivity index (χ3n) is 3.23. The molecule has 0 saturated heterocycles. The Balaban J connectivity index is 2.35. The summed E-state index contributed by atoms with van der Waals surface area (Å²) in [6, 6.07) is 8.57. The molecular weight excluding hydrogens is 252 g/mol. The molecule has 0 amide bonds. The topological polar surface area (TPSA) is 7.12 Å². The second-order valence-corrected chi connectivity index (χ2v) is 5.78. The number of nitrogens with zero attached hydrogens (tertiary/aromatic N) is 2. The van der Waals surface area contributed by atoms with E-state index in [1.165, 1.54) is 20.9 Å². The molecule has 0 spiro atoms. The maximum absolute atomic E-state index is 2.36. The monoisotopic (exact) mass is 273 g/mol. The molecule has 1 aromatic heterocycles. The van der Waals surface area contributed by atoms with Gasteiger partial charge < -0.3 is 4.90 Å². The highest BCUT2D eigenvalue weighted by atomic mass is 32.1. The summed E-state index contributed by atoms with van der Waals surface area (Å²) in [5.41, 5.74) is 2.57. The molecule has 19 heavy (non-hydrogen) atoms. The van der Waals surface area contributed by atoms with Crippen molar-refractivity contribution >= 4 is 27.6 Å². The molecule has 2 aromatic rings. The van der Waals surface area contributed by atoms with Crippen LogP contribution in [0.4, 0.5) is 0 Å². The first kappa shape index (κ1) is 13.8. The average molecular weight is 273 g/mol. The van der Waals surface area contributed by atoms with Crippen molar-refractivity contribution in [1.82, 2.24) is 4.90 Å². The summed E-state index contributed by atoms with van der Waals surface area (Å²) in [5, 5.41) is 1.30. The Labute approximate surface area is 119 Å². The molecule has 0 saturated carbocycles. The summed E-state index contributed by atoms with van der Waals surface area (Å²) in [5.74, 6) is 0. The van der Waals surface area contributed by atoms with E-state index in [9.17, 15) is 0 Å². The quantitative estimate of drug-likeness (QED) is 0.609. The van der Waals surface area contributed by atoms with E-state index in [2.05, 4.69) is 79.9 Å². The number of rotatable bonds is 4. The van der Waals surface area contributed by atoms with Crippen LogP contribution in [-0.4, -0.2) is 19.0 Å². The van der Waals surface area contributed by atoms with Gasteiger partial charge in [-0.3, -0.25) is 0 Å². The second kappa shape index (κ2) is 6.02. The van der Waals surface area contributed by atoms with Gasteiger partial charge in [-0.25, -0.2) is 0 Å². The van der Waals surface area contributed by atoms with Crippen LogP contribution in [0.5, 0.6) is 0 Å². The lowest BCUT2D eigenvalue weighted by Gasteiger charge is -2.10. The van der Waals surface area contributed by atoms with E-state index in [0.29, 0.717) is 0 Å². The molecule has 100 valence electrons. The molecule has 0 aliphatic heterocycles. The Bertz CT molecular complexity index is 621. The fourth-order valence-corrected chi connectivity index (χ4v) is 3.06.